The topological polar surface area (TPSA) is 38.2 Å². The number of ether oxygens (including phenoxy) is 1. The van der Waals surface area contributed by atoms with Gasteiger partial charge in [-0.05, 0) is 6.92 Å². The molecule has 0 aromatic carbocycles. The van der Waals surface area contributed by atoms with Crippen molar-refractivity contribution in [2.75, 3.05) is 37.6 Å². The van der Waals surface area contributed by atoms with Gasteiger partial charge in [0.2, 0.25) is 5.13 Å². The molecule has 1 aromatic heterocycles. The van der Waals surface area contributed by atoms with Crippen LogP contribution in [0.15, 0.2) is 0 Å². The van der Waals surface area contributed by atoms with Crippen molar-refractivity contribution in [1.29, 1.82) is 0 Å². The Bertz CT molecular complexity index is 269. The van der Waals surface area contributed by atoms with Gasteiger partial charge in [-0.2, -0.15) is 4.37 Å². The second-order valence-corrected chi connectivity index (χ2v) is 3.90. The van der Waals surface area contributed by atoms with E-state index in [4.69, 9.17) is 16.3 Å². The maximum atomic E-state index is 5.71. The third kappa shape index (κ3) is 3.40. The largest absolute Gasteiger partial charge is 0.383 e. The van der Waals surface area contributed by atoms with Gasteiger partial charge in [0.1, 0.15) is 5.82 Å². The fraction of sp³-hybridized carbons (Fsp3) is 0.750. The molecule has 4 nitrogen and oxygen atoms in total. The van der Waals surface area contributed by atoms with E-state index in [2.05, 4.69) is 14.3 Å². The van der Waals surface area contributed by atoms with Gasteiger partial charge in [-0.15, -0.1) is 11.6 Å². The number of rotatable bonds is 6. The highest BCUT2D eigenvalue weighted by molar-refractivity contribution is 7.09. The highest BCUT2D eigenvalue weighted by atomic mass is 35.5. The molecule has 14 heavy (non-hydrogen) atoms. The summed E-state index contributed by atoms with van der Waals surface area (Å²) < 4.78 is 9.15. The van der Waals surface area contributed by atoms with Crippen molar-refractivity contribution in [3.05, 3.63) is 5.82 Å². The molecule has 6 heteroatoms. The van der Waals surface area contributed by atoms with Gasteiger partial charge in [-0.1, -0.05) is 0 Å². The van der Waals surface area contributed by atoms with Crippen LogP contribution in [0.3, 0.4) is 0 Å². The summed E-state index contributed by atoms with van der Waals surface area (Å²) in [5.41, 5.74) is 0. The third-order valence-corrected chi connectivity index (χ3v) is 2.74. The summed E-state index contributed by atoms with van der Waals surface area (Å²) in [4.78, 5) is 6.39. The molecule has 0 unspecified atom stereocenters. The van der Waals surface area contributed by atoms with Crippen LogP contribution >= 0.6 is 23.1 Å². The lowest BCUT2D eigenvalue weighted by molar-refractivity contribution is 0.205. The Balaban J connectivity index is 2.57. The van der Waals surface area contributed by atoms with Crippen molar-refractivity contribution in [1.82, 2.24) is 9.36 Å². The highest BCUT2D eigenvalue weighted by Crippen LogP contribution is 2.16. The van der Waals surface area contributed by atoms with Gasteiger partial charge >= 0.3 is 0 Å². The average molecular weight is 236 g/mol. The Morgan fingerprint density at radius 3 is 2.79 bits per heavy atom. The number of anilines is 1. The molecule has 0 radical (unpaired) electrons. The molecule has 0 atom stereocenters. The lowest BCUT2D eigenvalue weighted by Crippen LogP contribution is -2.29. The number of nitrogens with zero attached hydrogens (tertiary/aromatic N) is 3. The maximum absolute atomic E-state index is 5.71. The SMILES string of the molecule is COCCN(CCCl)c1nc(C)ns1. The normalized spacial score (nSPS) is 10.5. The summed E-state index contributed by atoms with van der Waals surface area (Å²) >= 11 is 7.10. The number of methoxy groups -OCH3 is 1. The Morgan fingerprint density at radius 2 is 2.29 bits per heavy atom. The number of halogens is 1. The van der Waals surface area contributed by atoms with Crippen LogP contribution in [0.25, 0.3) is 0 Å². The lowest BCUT2D eigenvalue weighted by Gasteiger charge is -2.19. The van der Waals surface area contributed by atoms with Crippen LogP contribution in [0.2, 0.25) is 0 Å². The monoisotopic (exact) mass is 235 g/mol. The van der Waals surface area contributed by atoms with Gasteiger partial charge in [-0.3, -0.25) is 0 Å². The molecule has 0 aliphatic rings. The van der Waals surface area contributed by atoms with E-state index in [1.54, 1.807) is 7.11 Å². The zero-order valence-corrected chi connectivity index (χ0v) is 9.94. The number of aryl methyl sites for hydroxylation is 1. The second-order valence-electron chi connectivity index (χ2n) is 2.79. The fourth-order valence-corrected chi connectivity index (χ4v) is 1.95. The molecular formula is C8H14ClN3OS. The van der Waals surface area contributed by atoms with E-state index < -0.39 is 0 Å². The van der Waals surface area contributed by atoms with Crippen LogP contribution in [0.1, 0.15) is 5.82 Å². The first-order valence-corrected chi connectivity index (χ1v) is 5.69. The minimum absolute atomic E-state index is 0.586. The predicted octanol–water partition coefficient (Wildman–Crippen LogP) is 1.54. The Labute approximate surface area is 93.0 Å². The van der Waals surface area contributed by atoms with E-state index in [1.165, 1.54) is 11.5 Å². The maximum Gasteiger partial charge on any atom is 0.205 e. The van der Waals surface area contributed by atoms with Crippen LogP contribution in [0, 0.1) is 6.92 Å². The number of hydrogen-bond donors (Lipinski definition) is 0. The zero-order valence-electron chi connectivity index (χ0n) is 8.36. The van der Waals surface area contributed by atoms with E-state index in [9.17, 15) is 0 Å². The third-order valence-electron chi connectivity index (χ3n) is 1.71. The molecule has 0 aliphatic carbocycles. The summed E-state index contributed by atoms with van der Waals surface area (Å²) in [6.07, 6.45) is 0. The van der Waals surface area contributed by atoms with E-state index in [0.29, 0.717) is 12.5 Å². The van der Waals surface area contributed by atoms with Gasteiger partial charge in [0, 0.05) is 37.6 Å². The summed E-state index contributed by atoms with van der Waals surface area (Å²) in [7, 11) is 1.68. The molecule has 0 spiro atoms. The molecule has 0 saturated carbocycles. The lowest BCUT2D eigenvalue weighted by atomic mass is 10.5. The van der Waals surface area contributed by atoms with Crippen LogP contribution < -0.4 is 4.90 Å². The van der Waals surface area contributed by atoms with Gasteiger partial charge in [0.15, 0.2) is 0 Å². The van der Waals surface area contributed by atoms with Crippen LogP contribution in [-0.2, 0) is 4.74 Å². The van der Waals surface area contributed by atoms with Crippen molar-refractivity contribution < 1.29 is 4.74 Å². The molecular weight excluding hydrogens is 222 g/mol. The van der Waals surface area contributed by atoms with Gasteiger partial charge in [-0.25, -0.2) is 4.98 Å². The summed E-state index contributed by atoms with van der Waals surface area (Å²) in [6.45, 7) is 4.14. The molecule has 1 heterocycles. The molecule has 1 aromatic rings. The molecule has 0 saturated heterocycles. The number of hydrogen-bond acceptors (Lipinski definition) is 5. The van der Waals surface area contributed by atoms with Gasteiger partial charge in [0.25, 0.3) is 0 Å². The smallest absolute Gasteiger partial charge is 0.205 e. The molecule has 1 rings (SSSR count). The van der Waals surface area contributed by atoms with E-state index in [0.717, 1.165) is 24.0 Å². The van der Waals surface area contributed by atoms with Crippen LogP contribution in [0.5, 0.6) is 0 Å². The molecule has 0 N–H and O–H groups in total. The highest BCUT2D eigenvalue weighted by Gasteiger charge is 2.09. The zero-order chi connectivity index (χ0) is 10.4. The molecule has 0 amide bonds. The molecule has 0 aliphatic heterocycles. The van der Waals surface area contributed by atoms with E-state index >= 15 is 0 Å². The number of alkyl halides is 1. The van der Waals surface area contributed by atoms with Crippen molar-refractivity contribution >= 4 is 28.3 Å². The first kappa shape index (κ1) is 11.7. The second kappa shape index (κ2) is 6.16. The first-order valence-electron chi connectivity index (χ1n) is 4.38. The van der Waals surface area contributed by atoms with Crippen LogP contribution in [-0.4, -0.2) is 42.0 Å². The molecule has 0 fully saturated rings. The summed E-state index contributed by atoms with van der Waals surface area (Å²) in [5.74, 6) is 1.39. The number of aromatic nitrogens is 2. The van der Waals surface area contributed by atoms with E-state index in [-0.39, 0.29) is 0 Å². The van der Waals surface area contributed by atoms with Gasteiger partial charge in [0.05, 0.1) is 6.61 Å². The summed E-state index contributed by atoms with van der Waals surface area (Å²) in [5, 5.41) is 0.917. The minimum atomic E-state index is 0.586. The Morgan fingerprint density at radius 1 is 1.50 bits per heavy atom. The minimum Gasteiger partial charge on any atom is -0.383 e. The first-order chi connectivity index (χ1) is 6.77. The quantitative estimate of drug-likeness (QED) is 0.702. The van der Waals surface area contributed by atoms with Crippen molar-refractivity contribution in [3.63, 3.8) is 0 Å². The Hall–Kier alpha value is -0.390. The van der Waals surface area contributed by atoms with Crippen molar-refractivity contribution in [2.24, 2.45) is 0 Å². The van der Waals surface area contributed by atoms with Gasteiger partial charge < -0.3 is 9.64 Å². The van der Waals surface area contributed by atoms with Crippen molar-refractivity contribution in [2.45, 2.75) is 6.92 Å². The molecule has 80 valence electrons. The van der Waals surface area contributed by atoms with Crippen molar-refractivity contribution in [3.8, 4) is 0 Å². The van der Waals surface area contributed by atoms with Crippen LogP contribution in [0.4, 0.5) is 5.13 Å². The fourth-order valence-electron chi connectivity index (χ4n) is 1.02. The standard InChI is InChI=1S/C8H14ClN3OS/c1-7-10-8(14-11-7)12(4-3-9)5-6-13-2/h3-6H2,1-2H3. The predicted molar refractivity (Wildman–Crippen MR) is 59.5 cm³/mol. The summed E-state index contributed by atoms with van der Waals surface area (Å²) in [6, 6.07) is 0. The van der Waals surface area contributed by atoms with E-state index in [1.807, 2.05) is 6.92 Å². The Kier molecular flexibility index (Phi) is 5.14. The average Bonchev–Trinajstić information content (AvgIpc) is 2.59. The molecule has 0 bridgehead atoms.